The van der Waals surface area contributed by atoms with E-state index in [0.717, 1.165) is 27.7 Å². The summed E-state index contributed by atoms with van der Waals surface area (Å²) in [6.07, 6.45) is 7.65. The second-order valence-corrected chi connectivity index (χ2v) is 11.6. The average molecular weight is 614 g/mol. The zero-order valence-corrected chi connectivity index (χ0v) is 24.7. The molecule has 0 saturated carbocycles. The summed E-state index contributed by atoms with van der Waals surface area (Å²) in [4.78, 5) is 4.73. The number of ether oxygens (including phenoxy) is 2. The van der Waals surface area contributed by atoms with Crippen molar-refractivity contribution >= 4 is 45.1 Å². The molecule has 4 nitrogen and oxygen atoms in total. The Hall–Kier alpha value is -3.54. The number of allylic oxidation sites excluding steroid dienone is 2. The van der Waals surface area contributed by atoms with Crippen LogP contribution in [0.1, 0.15) is 46.2 Å². The number of anilines is 1. The highest BCUT2D eigenvalue weighted by atomic mass is 79.9. The number of methoxy groups -OCH3 is 1. The van der Waals surface area contributed by atoms with E-state index in [4.69, 9.17) is 26.1 Å². The van der Waals surface area contributed by atoms with Gasteiger partial charge < -0.3 is 14.8 Å². The first-order chi connectivity index (χ1) is 19.5. The molecule has 0 bridgehead atoms. The molecule has 0 saturated heterocycles. The van der Waals surface area contributed by atoms with Crippen molar-refractivity contribution in [2.75, 3.05) is 12.4 Å². The molecule has 6 heteroatoms. The van der Waals surface area contributed by atoms with Gasteiger partial charge in [-0.1, -0.05) is 71.8 Å². The third-order valence-electron chi connectivity index (χ3n) is 7.71. The second-order valence-electron chi connectivity index (χ2n) is 10.3. The lowest BCUT2D eigenvalue weighted by molar-refractivity contribution is 0.282. The molecule has 4 aromatic rings. The van der Waals surface area contributed by atoms with Gasteiger partial charge in [0.05, 0.1) is 23.3 Å². The molecule has 1 heterocycles. The van der Waals surface area contributed by atoms with Crippen LogP contribution in [0.5, 0.6) is 11.5 Å². The van der Waals surface area contributed by atoms with Crippen LogP contribution in [-0.2, 0) is 6.61 Å². The molecule has 0 radical (unpaired) electrons. The fourth-order valence-electron chi connectivity index (χ4n) is 5.68. The van der Waals surface area contributed by atoms with E-state index in [0.29, 0.717) is 35.0 Å². The summed E-state index contributed by atoms with van der Waals surface area (Å²) in [5.41, 5.74) is 7.96. The summed E-state index contributed by atoms with van der Waals surface area (Å²) in [6, 6.07) is 27.1. The Bertz CT molecular complexity index is 1600. The number of hydrogen-bond donors (Lipinski definition) is 1. The monoisotopic (exact) mass is 612 g/mol. The molecule has 6 rings (SSSR count). The molecule has 0 aromatic heterocycles. The van der Waals surface area contributed by atoms with Gasteiger partial charge in [0.25, 0.3) is 0 Å². The van der Waals surface area contributed by atoms with Crippen molar-refractivity contribution in [3.8, 4) is 11.5 Å². The minimum absolute atomic E-state index is 0.270. The molecule has 0 spiro atoms. The third kappa shape index (κ3) is 5.41. The first-order valence-electron chi connectivity index (χ1n) is 13.4. The number of aliphatic imine (C=N–C) groups is 1. The first-order valence-corrected chi connectivity index (χ1v) is 14.6. The molecular formula is C34H30BrClN2O2. The lowest BCUT2D eigenvalue weighted by Gasteiger charge is -2.37. The van der Waals surface area contributed by atoms with E-state index in [1.807, 2.05) is 42.6 Å². The predicted molar refractivity (Wildman–Crippen MR) is 168 cm³/mol. The minimum atomic E-state index is 0.270. The molecule has 2 aliphatic rings. The van der Waals surface area contributed by atoms with Crippen LogP contribution in [0, 0.1) is 12.8 Å². The highest BCUT2D eigenvalue weighted by Crippen LogP contribution is 2.50. The van der Waals surface area contributed by atoms with Crippen LogP contribution in [0.15, 0.2) is 100 Å². The Kier molecular flexibility index (Phi) is 7.68. The van der Waals surface area contributed by atoms with Crippen LogP contribution in [0.3, 0.4) is 0 Å². The molecule has 1 aliphatic heterocycles. The summed E-state index contributed by atoms with van der Waals surface area (Å²) < 4.78 is 12.5. The zero-order valence-electron chi connectivity index (χ0n) is 22.4. The van der Waals surface area contributed by atoms with Crippen molar-refractivity contribution < 1.29 is 9.47 Å². The van der Waals surface area contributed by atoms with Crippen LogP contribution >= 0.6 is 27.5 Å². The summed E-state index contributed by atoms with van der Waals surface area (Å²) in [7, 11) is 1.63. The Morgan fingerprint density at radius 3 is 2.67 bits per heavy atom. The van der Waals surface area contributed by atoms with Gasteiger partial charge in [0.15, 0.2) is 11.5 Å². The van der Waals surface area contributed by atoms with Gasteiger partial charge in [0, 0.05) is 28.4 Å². The van der Waals surface area contributed by atoms with E-state index in [9.17, 15) is 0 Å². The third-order valence-corrected chi connectivity index (χ3v) is 8.67. The van der Waals surface area contributed by atoms with E-state index >= 15 is 0 Å². The summed E-state index contributed by atoms with van der Waals surface area (Å²) >= 11 is 9.92. The summed E-state index contributed by atoms with van der Waals surface area (Å²) in [5.74, 6) is 2.23. The van der Waals surface area contributed by atoms with Gasteiger partial charge in [-0.3, -0.25) is 4.99 Å². The van der Waals surface area contributed by atoms with Gasteiger partial charge in [0.2, 0.25) is 0 Å². The Labute approximate surface area is 248 Å². The van der Waals surface area contributed by atoms with Gasteiger partial charge in [0.1, 0.15) is 6.61 Å². The SMILES string of the molecule is COc1cc(C=Nc2ccc([C@@H]3Nc4ccc(C)cc4[C@H]4C=CC[C@@H]43)cc2)cc(Br)c1OCc1ccccc1Cl. The van der Waals surface area contributed by atoms with E-state index in [2.05, 4.69) is 82.8 Å². The van der Waals surface area contributed by atoms with Crippen molar-refractivity contribution in [3.05, 3.63) is 128 Å². The topological polar surface area (TPSA) is 42.8 Å². The van der Waals surface area contributed by atoms with E-state index in [1.54, 1.807) is 7.11 Å². The fraction of sp³-hybridized carbons (Fsp3) is 0.206. The lowest BCUT2D eigenvalue weighted by atomic mass is 9.76. The lowest BCUT2D eigenvalue weighted by Crippen LogP contribution is -2.29. The Morgan fingerprint density at radius 1 is 1.05 bits per heavy atom. The van der Waals surface area contributed by atoms with Crippen LogP contribution in [0.2, 0.25) is 5.02 Å². The van der Waals surface area contributed by atoms with Gasteiger partial charge in [-0.2, -0.15) is 0 Å². The molecule has 0 amide bonds. The Morgan fingerprint density at radius 2 is 1.88 bits per heavy atom. The van der Waals surface area contributed by atoms with Gasteiger partial charge in [-0.05, 0) is 88.3 Å². The molecule has 40 heavy (non-hydrogen) atoms. The molecule has 0 fully saturated rings. The number of nitrogens with zero attached hydrogens (tertiary/aromatic N) is 1. The number of aryl methyl sites for hydroxylation is 1. The van der Waals surface area contributed by atoms with Gasteiger partial charge in [-0.25, -0.2) is 0 Å². The van der Waals surface area contributed by atoms with Crippen molar-refractivity contribution in [3.63, 3.8) is 0 Å². The average Bonchev–Trinajstić information content (AvgIpc) is 3.47. The predicted octanol–water partition coefficient (Wildman–Crippen LogP) is 9.58. The van der Waals surface area contributed by atoms with Gasteiger partial charge >= 0.3 is 0 Å². The maximum absolute atomic E-state index is 6.28. The Balaban J connectivity index is 1.17. The van der Waals surface area contributed by atoms with E-state index < -0.39 is 0 Å². The second kappa shape index (κ2) is 11.5. The van der Waals surface area contributed by atoms with Crippen molar-refractivity contribution in [1.29, 1.82) is 0 Å². The van der Waals surface area contributed by atoms with Gasteiger partial charge in [-0.15, -0.1) is 0 Å². The van der Waals surface area contributed by atoms with E-state index in [1.165, 1.54) is 22.4 Å². The number of halogens is 2. The number of rotatable bonds is 7. The minimum Gasteiger partial charge on any atom is -0.493 e. The molecule has 1 N–H and O–H groups in total. The zero-order chi connectivity index (χ0) is 27.6. The maximum Gasteiger partial charge on any atom is 0.175 e. The van der Waals surface area contributed by atoms with Crippen molar-refractivity contribution in [2.45, 2.75) is 31.9 Å². The molecule has 3 atom stereocenters. The molecule has 202 valence electrons. The fourth-order valence-corrected chi connectivity index (χ4v) is 6.44. The molecule has 4 aromatic carbocycles. The molecular weight excluding hydrogens is 584 g/mol. The number of nitrogens with one attached hydrogen (secondary N) is 1. The standard InChI is InChI=1S/C34H30BrClN2O2/c1-21-10-15-31-28(16-21)26-7-5-8-27(26)33(38-31)23-11-13-25(14-12-23)37-19-22-17-29(35)34(32(18-22)39-2)40-20-24-6-3-4-9-30(24)36/h3-7,9-19,26-27,33,38H,8,20H2,1-2H3/t26-,27-,33-/m0/s1. The maximum atomic E-state index is 6.28. The number of hydrogen-bond acceptors (Lipinski definition) is 4. The van der Waals surface area contributed by atoms with Crippen molar-refractivity contribution in [1.82, 2.24) is 0 Å². The summed E-state index contributed by atoms with van der Waals surface area (Å²) in [5, 5.41) is 4.49. The summed E-state index contributed by atoms with van der Waals surface area (Å²) in [6.45, 7) is 2.51. The smallest absolute Gasteiger partial charge is 0.175 e. The highest BCUT2D eigenvalue weighted by molar-refractivity contribution is 9.10. The number of benzene rings is 4. The molecule has 1 aliphatic carbocycles. The quantitative estimate of drug-likeness (QED) is 0.167. The highest BCUT2D eigenvalue weighted by Gasteiger charge is 2.37. The van der Waals surface area contributed by atoms with Crippen molar-refractivity contribution in [2.24, 2.45) is 10.9 Å². The van der Waals surface area contributed by atoms with Crippen LogP contribution in [-0.4, -0.2) is 13.3 Å². The van der Waals surface area contributed by atoms with E-state index in [-0.39, 0.29) is 6.04 Å². The normalized spacial score (nSPS) is 19.2. The number of fused-ring (bicyclic) bond motifs is 3. The van der Waals surface area contributed by atoms with Crippen LogP contribution in [0.25, 0.3) is 0 Å². The molecule has 0 unspecified atom stereocenters. The largest absolute Gasteiger partial charge is 0.493 e. The van der Waals surface area contributed by atoms with Crippen LogP contribution in [0.4, 0.5) is 11.4 Å². The first kappa shape index (κ1) is 26.7. The van der Waals surface area contributed by atoms with Crippen LogP contribution < -0.4 is 14.8 Å².